The Morgan fingerprint density at radius 3 is 2.59 bits per heavy atom. The highest BCUT2D eigenvalue weighted by Gasteiger charge is 2.27. The Morgan fingerprint density at radius 1 is 1.29 bits per heavy atom. The number of rotatable bonds is 4. The van der Waals surface area contributed by atoms with Crippen molar-refractivity contribution in [3.8, 4) is 0 Å². The van der Waals surface area contributed by atoms with Crippen LogP contribution in [0.5, 0.6) is 0 Å². The Hall–Kier alpha value is -1.20. The maximum Gasteiger partial charge on any atom is 0.185 e. The van der Waals surface area contributed by atoms with E-state index in [2.05, 4.69) is 5.32 Å². The van der Waals surface area contributed by atoms with Crippen LogP contribution in [-0.2, 0) is 14.6 Å². The molecule has 0 aromatic heterocycles. The van der Waals surface area contributed by atoms with Gasteiger partial charge in [0.25, 0.3) is 0 Å². The van der Waals surface area contributed by atoms with Crippen LogP contribution in [0.2, 0.25) is 0 Å². The summed E-state index contributed by atoms with van der Waals surface area (Å²) in [6.45, 7) is 0.793. The van der Waals surface area contributed by atoms with Gasteiger partial charge in [-0.25, -0.2) is 8.42 Å². The molecule has 1 N–H and O–H groups in total. The van der Waals surface area contributed by atoms with Crippen LogP contribution in [0.1, 0.15) is 12.8 Å². The van der Waals surface area contributed by atoms with Crippen molar-refractivity contribution in [1.82, 2.24) is 5.32 Å². The molecule has 4 nitrogen and oxygen atoms in total. The molecule has 0 spiro atoms. The van der Waals surface area contributed by atoms with Crippen molar-refractivity contribution in [2.45, 2.75) is 23.8 Å². The molecule has 1 aromatic rings. The standard InChI is InChI=1S/C12H15NO3S/c14-12(11-7-4-8-13-11)9-17(15,16)10-5-2-1-3-6-10/h1-3,5-6,11,13H,4,7-9H2/t11-/m0/s1. The van der Waals surface area contributed by atoms with E-state index in [9.17, 15) is 13.2 Å². The highest BCUT2D eigenvalue weighted by Crippen LogP contribution is 2.13. The number of carbonyl (C=O) groups excluding carboxylic acids is 1. The lowest BCUT2D eigenvalue weighted by molar-refractivity contribution is -0.118. The molecule has 1 aromatic carbocycles. The molecule has 5 heteroatoms. The highest BCUT2D eigenvalue weighted by molar-refractivity contribution is 7.92. The number of hydrogen-bond acceptors (Lipinski definition) is 4. The first kappa shape index (κ1) is 12.3. The lowest BCUT2D eigenvalue weighted by Gasteiger charge is -2.09. The van der Waals surface area contributed by atoms with Crippen LogP contribution in [0.4, 0.5) is 0 Å². The molecule has 0 unspecified atom stereocenters. The fraction of sp³-hybridized carbons (Fsp3) is 0.417. The first-order valence-electron chi connectivity index (χ1n) is 5.63. The van der Waals surface area contributed by atoms with Gasteiger partial charge in [-0.2, -0.15) is 0 Å². The molecule has 2 rings (SSSR count). The molecule has 0 bridgehead atoms. The van der Waals surface area contributed by atoms with E-state index in [0.29, 0.717) is 0 Å². The zero-order chi connectivity index (χ0) is 12.3. The van der Waals surface area contributed by atoms with Crippen molar-refractivity contribution < 1.29 is 13.2 Å². The molecule has 1 aliphatic rings. The maximum atomic E-state index is 12.0. The molecule has 1 fully saturated rings. The minimum absolute atomic E-state index is 0.214. The predicted molar refractivity (Wildman–Crippen MR) is 64.5 cm³/mol. The second kappa shape index (κ2) is 4.98. The van der Waals surface area contributed by atoms with Gasteiger partial charge in [-0.05, 0) is 31.5 Å². The highest BCUT2D eigenvalue weighted by atomic mass is 32.2. The maximum absolute atomic E-state index is 12.0. The Bertz CT molecular complexity index is 490. The molecule has 0 amide bonds. The van der Waals surface area contributed by atoms with Crippen molar-refractivity contribution in [2.24, 2.45) is 0 Å². The SMILES string of the molecule is O=C(CS(=O)(=O)c1ccccc1)[C@@H]1CCCN1. The van der Waals surface area contributed by atoms with Crippen molar-refractivity contribution in [1.29, 1.82) is 0 Å². The zero-order valence-electron chi connectivity index (χ0n) is 9.43. The molecule has 1 aliphatic heterocycles. The number of carbonyl (C=O) groups is 1. The summed E-state index contributed by atoms with van der Waals surface area (Å²) in [4.78, 5) is 12.0. The second-order valence-corrected chi connectivity index (χ2v) is 6.18. The van der Waals surface area contributed by atoms with E-state index in [1.807, 2.05) is 0 Å². The smallest absolute Gasteiger partial charge is 0.185 e. The number of benzene rings is 1. The third-order valence-electron chi connectivity index (χ3n) is 2.88. The van der Waals surface area contributed by atoms with E-state index in [1.54, 1.807) is 18.2 Å². The fourth-order valence-corrected chi connectivity index (χ4v) is 3.27. The molecule has 0 radical (unpaired) electrons. The van der Waals surface area contributed by atoms with Crippen LogP contribution in [-0.4, -0.2) is 32.5 Å². The van der Waals surface area contributed by atoms with Crippen LogP contribution < -0.4 is 5.32 Å². The van der Waals surface area contributed by atoms with Gasteiger partial charge in [0.05, 0.1) is 10.9 Å². The van der Waals surface area contributed by atoms with Crippen LogP contribution >= 0.6 is 0 Å². The van der Waals surface area contributed by atoms with E-state index in [4.69, 9.17) is 0 Å². The van der Waals surface area contributed by atoms with Gasteiger partial charge >= 0.3 is 0 Å². The molecule has 0 saturated carbocycles. The van der Waals surface area contributed by atoms with Crippen molar-refractivity contribution in [3.05, 3.63) is 30.3 Å². The van der Waals surface area contributed by atoms with Gasteiger partial charge in [0.2, 0.25) is 0 Å². The van der Waals surface area contributed by atoms with Crippen LogP contribution in [0.25, 0.3) is 0 Å². The van der Waals surface area contributed by atoms with Crippen LogP contribution in [0.3, 0.4) is 0 Å². The first-order chi connectivity index (χ1) is 8.09. The first-order valence-corrected chi connectivity index (χ1v) is 7.29. The summed E-state index contributed by atoms with van der Waals surface area (Å²) in [6.07, 6.45) is 1.67. The summed E-state index contributed by atoms with van der Waals surface area (Å²) < 4.78 is 23.9. The van der Waals surface area contributed by atoms with Gasteiger partial charge in [0, 0.05) is 0 Å². The molecule has 92 valence electrons. The number of nitrogens with one attached hydrogen (secondary N) is 1. The number of Topliss-reactive ketones (excluding diaryl/α,β-unsaturated/α-hetero) is 1. The van der Waals surface area contributed by atoms with E-state index in [1.165, 1.54) is 12.1 Å². The minimum Gasteiger partial charge on any atom is -0.307 e. The zero-order valence-corrected chi connectivity index (χ0v) is 10.2. The second-order valence-electron chi connectivity index (χ2n) is 4.19. The van der Waals surface area contributed by atoms with Crippen LogP contribution in [0, 0.1) is 0 Å². The monoisotopic (exact) mass is 253 g/mol. The summed E-state index contributed by atoms with van der Waals surface area (Å²) in [5.74, 6) is -0.638. The molecule has 1 saturated heterocycles. The van der Waals surface area contributed by atoms with Crippen molar-refractivity contribution >= 4 is 15.6 Å². The topological polar surface area (TPSA) is 63.2 Å². The van der Waals surface area contributed by atoms with Crippen molar-refractivity contribution in [3.63, 3.8) is 0 Å². The normalized spacial score (nSPS) is 20.4. The quantitative estimate of drug-likeness (QED) is 0.861. The average Bonchev–Trinajstić information content (AvgIpc) is 2.83. The van der Waals surface area contributed by atoms with Gasteiger partial charge in [-0.15, -0.1) is 0 Å². The number of ketones is 1. The largest absolute Gasteiger partial charge is 0.307 e. The minimum atomic E-state index is -3.49. The van der Waals surface area contributed by atoms with E-state index in [0.717, 1.165) is 19.4 Å². The molecule has 0 aliphatic carbocycles. The Balaban J connectivity index is 2.10. The van der Waals surface area contributed by atoms with Crippen molar-refractivity contribution in [2.75, 3.05) is 12.3 Å². The lowest BCUT2D eigenvalue weighted by Crippen LogP contribution is -2.35. The molecule has 17 heavy (non-hydrogen) atoms. The summed E-state index contributed by atoms with van der Waals surface area (Å²) in [7, 11) is -3.49. The Kier molecular flexibility index (Phi) is 3.59. The fourth-order valence-electron chi connectivity index (χ4n) is 1.96. The summed E-state index contributed by atoms with van der Waals surface area (Å²) >= 11 is 0. The summed E-state index contributed by atoms with van der Waals surface area (Å²) in [5, 5.41) is 3.02. The molecule has 1 atom stereocenters. The number of sulfone groups is 1. The number of hydrogen-bond donors (Lipinski definition) is 1. The van der Waals surface area contributed by atoms with Crippen LogP contribution in [0.15, 0.2) is 35.2 Å². The van der Waals surface area contributed by atoms with Gasteiger partial charge in [0.15, 0.2) is 15.6 Å². The molecular formula is C12H15NO3S. The van der Waals surface area contributed by atoms with E-state index in [-0.39, 0.29) is 16.7 Å². The van der Waals surface area contributed by atoms with Gasteiger partial charge < -0.3 is 5.32 Å². The van der Waals surface area contributed by atoms with E-state index >= 15 is 0 Å². The Morgan fingerprint density at radius 2 is 2.00 bits per heavy atom. The van der Waals surface area contributed by atoms with Gasteiger partial charge in [-0.1, -0.05) is 18.2 Å². The third kappa shape index (κ3) is 2.92. The van der Waals surface area contributed by atoms with Gasteiger partial charge in [0.1, 0.15) is 5.75 Å². The predicted octanol–water partition coefficient (Wildman–Crippen LogP) is 0.781. The lowest BCUT2D eigenvalue weighted by atomic mass is 10.2. The Labute approximate surface area is 101 Å². The third-order valence-corrected chi connectivity index (χ3v) is 4.54. The van der Waals surface area contributed by atoms with Gasteiger partial charge in [-0.3, -0.25) is 4.79 Å². The van der Waals surface area contributed by atoms with E-state index < -0.39 is 15.6 Å². The summed E-state index contributed by atoms with van der Waals surface area (Å²) in [6, 6.07) is 7.82. The summed E-state index contributed by atoms with van der Waals surface area (Å²) in [5.41, 5.74) is 0. The molecular weight excluding hydrogens is 238 g/mol. The average molecular weight is 253 g/mol. The molecule has 1 heterocycles.